The molecule has 1 heterocycles. The molecule has 0 N–H and O–H groups in total. The number of non-ortho nitro benzene ring substituents is 2. The summed E-state index contributed by atoms with van der Waals surface area (Å²) in [6, 6.07) is 14.4. The monoisotopic (exact) mass is 351 g/mol. The zero-order valence-corrected chi connectivity index (χ0v) is 13.0. The van der Waals surface area contributed by atoms with Gasteiger partial charge in [-0.25, -0.2) is 0 Å². The van der Waals surface area contributed by atoms with Gasteiger partial charge >= 0.3 is 11.2 Å². The summed E-state index contributed by atoms with van der Waals surface area (Å²) in [6.45, 7) is 0. The minimum Gasteiger partial charge on any atom is -0.692 e. The minimum atomic E-state index is -0.799. The Hall–Kier alpha value is -4.08. The molecule has 0 aliphatic carbocycles. The molecule has 0 saturated carbocycles. The zero-order chi connectivity index (χ0) is 18.4. The average molecular weight is 351 g/mol. The lowest BCUT2D eigenvalue weighted by molar-refractivity contribution is -0.664. The molecule has 0 fully saturated rings. The fourth-order valence-electron chi connectivity index (χ4n) is 2.78. The van der Waals surface area contributed by atoms with E-state index in [0.29, 0.717) is 10.5 Å². The van der Waals surface area contributed by atoms with Crippen LogP contribution in [0.2, 0.25) is 0 Å². The van der Waals surface area contributed by atoms with E-state index in [4.69, 9.17) is 0 Å². The van der Waals surface area contributed by atoms with Gasteiger partial charge in [0.2, 0.25) is 5.52 Å². The second-order valence-electron chi connectivity index (χ2n) is 5.54. The second-order valence-corrected chi connectivity index (χ2v) is 5.54. The highest BCUT2D eigenvalue weighted by Crippen LogP contribution is 2.28. The van der Waals surface area contributed by atoms with E-state index in [1.165, 1.54) is 0 Å². The van der Waals surface area contributed by atoms with Crippen LogP contribution in [0.4, 0.5) is 11.4 Å². The first-order valence-corrected chi connectivity index (χ1v) is 7.40. The van der Waals surface area contributed by atoms with Gasteiger partial charge in [-0.3, -0.25) is 20.2 Å². The van der Waals surface area contributed by atoms with Gasteiger partial charge in [0, 0.05) is 0 Å². The van der Waals surface area contributed by atoms with E-state index in [1.807, 2.05) is 24.3 Å². The lowest BCUT2D eigenvalue weighted by Crippen LogP contribution is -2.37. The molecule has 1 aromatic heterocycles. The van der Waals surface area contributed by atoms with Crippen LogP contribution in [0.25, 0.3) is 27.5 Å². The van der Waals surface area contributed by atoms with E-state index in [9.17, 15) is 25.4 Å². The van der Waals surface area contributed by atoms with Gasteiger partial charge in [-0.2, -0.15) is 0 Å². The Kier molecular flexibility index (Phi) is 3.26. The molecule has 0 bridgehead atoms. The molecule has 0 amide bonds. The van der Waals surface area contributed by atoms with Crippen molar-refractivity contribution in [2.75, 3.05) is 0 Å². The summed E-state index contributed by atoms with van der Waals surface area (Å²) in [5.74, 6) is 0. The number of nitro benzene ring substituents is 2. The summed E-state index contributed by atoms with van der Waals surface area (Å²) in [6.07, 6.45) is 0. The van der Waals surface area contributed by atoms with Crippen molar-refractivity contribution in [1.29, 1.82) is 0 Å². The van der Waals surface area contributed by atoms with Gasteiger partial charge in [0.25, 0.3) is 5.69 Å². The summed E-state index contributed by atoms with van der Waals surface area (Å²) in [5, 5.41) is 40.6. The van der Waals surface area contributed by atoms with Crippen LogP contribution in [0, 0.1) is 25.4 Å². The number of nitro groups is 2. The van der Waals surface area contributed by atoms with Crippen LogP contribution >= 0.6 is 0 Å². The molecule has 0 atom stereocenters. The first kappa shape index (κ1) is 15.4. The molecule has 0 radical (unpaired) electrons. The van der Waals surface area contributed by atoms with E-state index in [-0.39, 0.29) is 11.0 Å². The molecule has 10 heteroatoms. The fraction of sp³-hybridized carbons (Fsp3) is 0. The Morgan fingerprint density at radius 1 is 0.923 bits per heavy atom. The summed E-state index contributed by atoms with van der Waals surface area (Å²) >= 11 is 0. The van der Waals surface area contributed by atoms with Gasteiger partial charge in [-0.05, 0) is 27.7 Å². The number of nitrogens with zero attached hydrogens (tertiary/aromatic N) is 5. The molecule has 0 aliphatic heterocycles. The predicted octanol–water partition coefficient (Wildman–Crippen LogP) is 2.63. The normalized spacial score (nSPS) is 11.1. The number of fused-ring (bicyclic) bond motifs is 2. The lowest BCUT2D eigenvalue weighted by atomic mass is 10.1. The maximum atomic E-state index is 12.6. The quantitative estimate of drug-likeness (QED) is 0.241. The standard InChI is InChI=1S/C16H9N5O5/c22-19-14-8-13(20(23)24)9-15(21(25)26)16(14)17-18(19)12-6-5-10-3-1-2-4-11(10)7-12/h1-9H. The third-order valence-electron chi connectivity index (χ3n) is 4.00. The summed E-state index contributed by atoms with van der Waals surface area (Å²) in [5.41, 5.74) is -1.24. The van der Waals surface area contributed by atoms with Crippen molar-refractivity contribution in [3.8, 4) is 5.69 Å². The summed E-state index contributed by atoms with van der Waals surface area (Å²) < 4.78 is 0. The maximum Gasteiger partial charge on any atom is 0.334 e. The first-order chi connectivity index (χ1) is 12.5. The molecule has 128 valence electrons. The molecule has 0 spiro atoms. The SMILES string of the molecule is O=[N+]([O-])c1cc([N+](=O)[O-])c2nn(-c3ccc4ccccc4c3)[n+]([O-])c2c1. The van der Waals surface area contributed by atoms with Gasteiger partial charge in [-0.15, -0.1) is 4.85 Å². The Labute approximate surface area is 144 Å². The van der Waals surface area contributed by atoms with Crippen molar-refractivity contribution in [2.45, 2.75) is 0 Å². The van der Waals surface area contributed by atoms with Gasteiger partial charge in [0.1, 0.15) is 5.69 Å². The number of hydrogen-bond acceptors (Lipinski definition) is 6. The minimum absolute atomic E-state index is 0.219. The van der Waals surface area contributed by atoms with Crippen LogP contribution in [0.3, 0.4) is 0 Å². The fourth-order valence-corrected chi connectivity index (χ4v) is 2.78. The zero-order valence-electron chi connectivity index (χ0n) is 13.0. The molecule has 10 nitrogen and oxygen atoms in total. The highest BCUT2D eigenvalue weighted by Gasteiger charge is 2.30. The van der Waals surface area contributed by atoms with Crippen molar-refractivity contribution in [3.63, 3.8) is 0 Å². The highest BCUT2D eigenvalue weighted by atomic mass is 16.6. The molecule has 0 unspecified atom stereocenters. The van der Waals surface area contributed by atoms with Crippen LogP contribution in [0.5, 0.6) is 0 Å². The predicted molar refractivity (Wildman–Crippen MR) is 90.8 cm³/mol. The molecule has 0 aliphatic rings. The first-order valence-electron chi connectivity index (χ1n) is 7.40. The van der Waals surface area contributed by atoms with Gasteiger partial charge in [0.05, 0.1) is 27.1 Å². The number of hydrogen-bond donors (Lipinski definition) is 0. The van der Waals surface area contributed by atoms with Crippen molar-refractivity contribution in [1.82, 2.24) is 9.90 Å². The molecule has 4 rings (SSSR count). The van der Waals surface area contributed by atoms with Crippen molar-refractivity contribution in [3.05, 3.63) is 80.0 Å². The molecular weight excluding hydrogens is 342 g/mol. The van der Waals surface area contributed by atoms with Crippen LogP contribution in [-0.4, -0.2) is 19.7 Å². The average Bonchev–Trinajstić information content (AvgIpc) is 2.97. The molecule has 3 aromatic carbocycles. The Bertz CT molecular complexity index is 1220. The highest BCUT2D eigenvalue weighted by molar-refractivity contribution is 5.86. The lowest BCUT2D eigenvalue weighted by Gasteiger charge is -2.05. The van der Waals surface area contributed by atoms with Gasteiger partial charge in [-0.1, -0.05) is 30.3 Å². The van der Waals surface area contributed by atoms with E-state index in [1.54, 1.807) is 18.2 Å². The van der Waals surface area contributed by atoms with Crippen molar-refractivity contribution < 1.29 is 14.7 Å². The number of aromatic nitrogens is 3. The van der Waals surface area contributed by atoms with E-state index in [2.05, 4.69) is 5.10 Å². The van der Waals surface area contributed by atoms with Crippen LogP contribution in [-0.2, 0) is 0 Å². The van der Waals surface area contributed by atoms with Crippen LogP contribution < -0.4 is 4.85 Å². The third-order valence-corrected chi connectivity index (χ3v) is 4.00. The van der Waals surface area contributed by atoms with E-state index >= 15 is 0 Å². The second kappa shape index (κ2) is 5.48. The largest absolute Gasteiger partial charge is 0.692 e. The van der Waals surface area contributed by atoms with Crippen molar-refractivity contribution in [2.24, 2.45) is 0 Å². The topological polar surface area (TPSA) is 131 Å². The summed E-state index contributed by atoms with van der Waals surface area (Å²) in [4.78, 5) is 21.9. The van der Waals surface area contributed by atoms with E-state index in [0.717, 1.165) is 27.7 Å². The van der Waals surface area contributed by atoms with Crippen LogP contribution in [0.1, 0.15) is 0 Å². The molecule has 26 heavy (non-hydrogen) atoms. The van der Waals surface area contributed by atoms with E-state index < -0.39 is 21.2 Å². The Morgan fingerprint density at radius 3 is 2.35 bits per heavy atom. The third kappa shape index (κ3) is 2.28. The number of rotatable bonds is 3. The smallest absolute Gasteiger partial charge is 0.334 e. The number of benzene rings is 3. The Morgan fingerprint density at radius 2 is 1.65 bits per heavy atom. The van der Waals surface area contributed by atoms with Gasteiger partial charge in [0.15, 0.2) is 0 Å². The molecular formula is C16H9N5O5. The maximum absolute atomic E-state index is 12.6. The van der Waals surface area contributed by atoms with Gasteiger partial charge < -0.3 is 5.21 Å². The Balaban J connectivity index is 2.01. The molecule has 4 aromatic rings. The van der Waals surface area contributed by atoms with Crippen molar-refractivity contribution >= 4 is 33.2 Å². The molecule has 0 saturated heterocycles. The summed E-state index contributed by atoms with van der Waals surface area (Å²) in [7, 11) is 0. The van der Waals surface area contributed by atoms with Crippen LogP contribution in [0.15, 0.2) is 54.6 Å².